The zero-order valence-electron chi connectivity index (χ0n) is 9.45. The van der Waals surface area contributed by atoms with Gasteiger partial charge in [0, 0.05) is 19.3 Å². The molecule has 0 atom stereocenters. The largest absolute Gasteiger partial charge is 0.327 e. The van der Waals surface area contributed by atoms with Gasteiger partial charge in [0.1, 0.15) is 5.82 Å². The number of rotatable bonds is 3. The van der Waals surface area contributed by atoms with Gasteiger partial charge in [0.05, 0.1) is 15.7 Å². The van der Waals surface area contributed by atoms with Crippen molar-refractivity contribution >= 4 is 23.2 Å². The van der Waals surface area contributed by atoms with Crippen LogP contribution in [-0.4, -0.2) is 9.55 Å². The van der Waals surface area contributed by atoms with Crippen molar-refractivity contribution in [3.63, 3.8) is 0 Å². The van der Waals surface area contributed by atoms with Crippen LogP contribution in [-0.2, 0) is 13.1 Å². The van der Waals surface area contributed by atoms with Gasteiger partial charge in [-0.05, 0) is 24.6 Å². The Labute approximate surface area is 110 Å². The fourth-order valence-corrected chi connectivity index (χ4v) is 2.04. The molecule has 3 nitrogen and oxygen atoms in total. The van der Waals surface area contributed by atoms with Gasteiger partial charge in [-0.15, -0.1) is 0 Å². The maximum absolute atomic E-state index is 5.99. The summed E-state index contributed by atoms with van der Waals surface area (Å²) < 4.78 is 2.07. The summed E-state index contributed by atoms with van der Waals surface area (Å²) in [6, 6.07) is 5.62. The van der Waals surface area contributed by atoms with Crippen LogP contribution in [0.15, 0.2) is 24.4 Å². The lowest BCUT2D eigenvalue weighted by Gasteiger charge is -2.10. The summed E-state index contributed by atoms with van der Waals surface area (Å²) in [5.41, 5.74) is 7.75. The number of imidazole rings is 1. The fourth-order valence-electron chi connectivity index (χ4n) is 1.71. The van der Waals surface area contributed by atoms with Crippen molar-refractivity contribution in [1.82, 2.24) is 9.55 Å². The first-order chi connectivity index (χ1) is 8.11. The Morgan fingerprint density at radius 3 is 2.71 bits per heavy atom. The van der Waals surface area contributed by atoms with E-state index in [9.17, 15) is 0 Å². The summed E-state index contributed by atoms with van der Waals surface area (Å²) in [5, 5.41) is 1.13. The Morgan fingerprint density at radius 2 is 2.06 bits per heavy atom. The number of nitrogens with two attached hydrogens (primary N) is 1. The standard InChI is InChI=1S/C12H13Cl2N3/c1-8-16-6-10(5-15)17(8)7-9-2-3-11(13)12(14)4-9/h2-4,6H,5,7,15H2,1H3. The Morgan fingerprint density at radius 1 is 1.29 bits per heavy atom. The normalized spacial score (nSPS) is 10.8. The average molecular weight is 270 g/mol. The van der Waals surface area contributed by atoms with E-state index in [0.29, 0.717) is 23.1 Å². The lowest BCUT2D eigenvalue weighted by atomic mass is 10.2. The van der Waals surface area contributed by atoms with Gasteiger partial charge in [0.15, 0.2) is 0 Å². The van der Waals surface area contributed by atoms with Crippen molar-refractivity contribution in [2.45, 2.75) is 20.0 Å². The summed E-state index contributed by atoms with van der Waals surface area (Å²) in [7, 11) is 0. The molecule has 0 aliphatic heterocycles. The summed E-state index contributed by atoms with van der Waals surface area (Å²) >= 11 is 11.9. The summed E-state index contributed by atoms with van der Waals surface area (Å²) in [6.07, 6.45) is 1.80. The molecular weight excluding hydrogens is 257 g/mol. The molecule has 0 spiro atoms. The fraction of sp³-hybridized carbons (Fsp3) is 0.250. The highest BCUT2D eigenvalue weighted by atomic mass is 35.5. The van der Waals surface area contributed by atoms with Gasteiger partial charge in [-0.25, -0.2) is 4.98 Å². The molecule has 1 aromatic heterocycles. The van der Waals surface area contributed by atoms with Crippen molar-refractivity contribution < 1.29 is 0 Å². The van der Waals surface area contributed by atoms with Crippen molar-refractivity contribution in [1.29, 1.82) is 0 Å². The number of hydrogen-bond donors (Lipinski definition) is 1. The van der Waals surface area contributed by atoms with Crippen molar-refractivity contribution in [3.8, 4) is 0 Å². The zero-order valence-corrected chi connectivity index (χ0v) is 11.0. The summed E-state index contributed by atoms with van der Waals surface area (Å²) in [6.45, 7) is 3.13. The molecule has 0 saturated carbocycles. The monoisotopic (exact) mass is 269 g/mol. The van der Waals surface area contributed by atoms with Crippen LogP contribution in [0.5, 0.6) is 0 Å². The van der Waals surface area contributed by atoms with Gasteiger partial charge in [-0.3, -0.25) is 0 Å². The van der Waals surface area contributed by atoms with Gasteiger partial charge in [0.2, 0.25) is 0 Å². The molecule has 0 bridgehead atoms. The lowest BCUT2D eigenvalue weighted by Crippen LogP contribution is -2.09. The van der Waals surface area contributed by atoms with Gasteiger partial charge < -0.3 is 10.3 Å². The third-order valence-electron chi connectivity index (χ3n) is 2.67. The van der Waals surface area contributed by atoms with Crippen LogP contribution in [0.2, 0.25) is 10.0 Å². The Bertz CT molecular complexity index is 535. The first-order valence-electron chi connectivity index (χ1n) is 5.27. The zero-order chi connectivity index (χ0) is 12.4. The number of benzene rings is 1. The molecule has 0 aliphatic rings. The summed E-state index contributed by atoms with van der Waals surface area (Å²) in [4.78, 5) is 4.25. The topological polar surface area (TPSA) is 43.8 Å². The molecule has 0 saturated heterocycles. The van der Waals surface area contributed by atoms with Crippen LogP contribution in [0.3, 0.4) is 0 Å². The minimum atomic E-state index is 0.474. The number of halogens is 2. The maximum Gasteiger partial charge on any atom is 0.106 e. The molecule has 2 N–H and O–H groups in total. The molecule has 2 aromatic rings. The second-order valence-corrected chi connectivity index (χ2v) is 4.65. The van der Waals surface area contributed by atoms with Crippen molar-refractivity contribution in [2.75, 3.05) is 0 Å². The number of hydrogen-bond acceptors (Lipinski definition) is 2. The minimum absolute atomic E-state index is 0.474. The number of nitrogens with zero attached hydrogens (tertiary/aromatic N) is 2. The van der Waals surface area contributed by atoms with E-state index in [-0.39, 0.29) is 0 Å². The van der Waals surface area contributed by atoms with E-state index in [2.05, 4.69) is 9.55 Å². The predicted octanol–water partition coefficient (Wildman–Crippen LogP) is 3.01. The molecule has 1 heterocycles. The molecule has 2 rings (SSSR count). The Hall–Kier alpha value is -1.03. The molecule has 0 fully saturated rings. The highest BCUT2D eigenvalue weighted by molar-refractivity contribution is 6.42. The van der Waals surface area contributed by atoms with Gasteiger partial charge in [-0.2, -0.15) is 0 Å². The molecule has 1 aromatic carbocycles. The van der Waals surface area contributed by atoms with Crippen LogP contribution in [0, 0.1) is 6.92 Å². The smallest absolute Gasteiger partial charge is 0.106 e. The highest BCUT2D eigenvalue weighted by Crippen LogP contribution is 2.23. The molecule has 5 heteroatoms. The van der Waals surface area contributed by atoms with E-state index in [4.69, 9.17) is 28.9 Å². The van der Waals surface area contributed by atoms with Crippen LogP contribution >= 0.6 is 23.2 Å². The first-order valence-corrected chi connectivity index (χ1v) is 6.02. The molecule has 0 amide bonds. The second-order valence-electron chi connectivity index (χ2n) is 3.84. The third-order valence-corrected chi connectivity index (χ3v) is 3.41. The van der Waals surface area contributed by atoms with Crippen LogP contribution in [0.25, 0.3) is 0 Å². The molecule has 0 radical (unpaired) electrons. The second kappa shape index (κ2) is 5.08. The van der Waals surface area contributed by atoms with E-state index in [1.165, 1.54) is 0 Å². The molecule has 17 heavy (non-hydrogen) atoms. The van der Waals surface area contributed by atoms with E-state index in [1.807, 2.05) is 19.1 Å². The SMILES string of the molecule is Cc1ncc(CN)n1Cc1ccc(Cl)c(Cl)c1. The van der Waals surface area contributed by atoms with Crippen molar-refractivity contribution in [3.05, 3.63) is 51.5 Å². The van der Waals surface area contributed by atoms with E-state index in [1.54, 1.807) is 12.3 Å². The Kier molecular flexibility index (Phi) is 3.72. The highest BCUT2D eigenvalue weighted by Gasteiger charge is 2.07. The minimum Gasteiger partial charge on any atom is -0.327 e. The average Bonchev–Trinajstić information content (AvgIpc) is 2.65. The molecule has 90 valence electrons. The van der Waals surface area contributed by atoms with E-state index < -0.39 is 0 Å². The van der Waals surface area contributed by atoms with Gasteiger partial charge >= 0.3 is 0 Å². The van der Waals surface area contributed by atoms with Crippen LogP contribution in [0.1, 0.15) is 17.1 Å². The third kappa shape index (κ3) is 2.63. The first kappa shape index (κ1) is 12.4. The number of aryl methyl sites for hydroxylation is 1. The lowest BCUT2D eigenvalue weighted by molar-refractivity contribution is 0.713. The van der Waals surface area contributed by atoms with E-state index in [0.717, 1.165) is 17.1 Å². The summed E-state index contributed by atoms with van der Waals surface area (Å²) in [5.74, 6) is 0.941. The van der Waals surface area contributed by atoms with Gasteiger partial charge in [0.25, 0.3) is 0 Å². The predicted molar refractivity (Wildman–Crippen MR) is 70.4 cm³/mol. The van der Waals surface area contributed by atoms with Gasteiger partial charge in [-0.1, -0.05) is 29.3 Å². The van der Waals surface area contributed by atoms with Crippen molar-refractivity contribution in [2.24, 2.45) is 5.73 Å². The maximum atomic E-state index is 5.99. The van der Waals surface area contributed by atoms with E-state index >= 15 is 0 Å². The quantitative estimate of drug-likeness (QED) is 0.931. The van der Waals surface area contributed by atoms with Crippen LogP contribution in [0.4, 0.5) is 0 Å². The molecular formula is C12H13Cl2N3. The molecule has 0 unspecified atom stereocenters. The van der Waals surface area contributed by atoms with Crippen LogP contribution < -0.4 is 5.73 Å². The molecule has 0 aliphatic carbocycles. The number of aromatic nitrogens is 2. The Balaban J connectivity index is 2.31.